The molecule has 0 aromatic heterocycles. The van der Waals surface area contributed by atoms with Crippen LogP contribution in [0.2, 0.25) is 0 Å². The third kappa shape index (κ3) is 1.86. The quantitative estimate of drug-likeness (QED) is 0.653. The van der Waals surface area contributed by atoms with Gasteiger partial charge < -0.3 is 5.11 Å². The van der Waals surface area contributed by atoms with Gasteiger partial charge in [-0.15, -0.1) is 0 Å². The Bertz CT molecular complexity index is 232. The molecule has 13 heavy (non-hydrogen) atoms. The van der Waals surface area contributed by atoms with Crippen LogP contribution >= 0.6 is 0 Å². The van der Waals surface area contributed by atoms with E-state index >= 15 is 0 Å². The lowest BCUT2D eigenvalue weighted by molar-refractivity contribution is 0.0409. The van der Waals surface area contributed by atoms with Crippen molar-refractivity contribution in [3.63, 3.8) is 0 Å². The third-order valence-electron chi connectivity index (χ3n) is 3.10. The van der Waals surface area contributed by atoms with Crippen LogP contribution in [-0.2, 0) is 0 Å². The summed E-state index contributed by atoms with van der Waals surface area (Å²) in [7, 11) is 0. The first-order valence-electron chi connectivity index (χ1n) is 5.24. The van der Waals surface area contributed by atoms with E-state index in [0.717, 1.165) is 24.8 Å². The molecule has 1 nitrogen and oxygen atoms in total. The summed E-state index contributed by atoms with van der Waals surface area (Å²) < 4.78 is 0. The topological polar surface area (TPSA) is 20.2 Å². The van der Waals surface area contributed by atoms with Gasteiger partial charge in [-0.2, -0.15) is 0 Å². The predicted octanol–water partition coefficient (Wildman–Crippen LogP) is 2.77. The second kappa shape index (κ2) is 3.67. The summed E-state index contributed by atoms with van der Waals surface area (Å²) in [6.07, 6.45) is 14.9. The Hall–Kier alpha value is -0.560. The van der Waals surface area contributed by atoms with Gasteiger partial charge in [0.1, 0.15) is 0 Å². The van der Waals surface area contributed by atoms with Crippen LogP contribution in [0.1, 0.15) is 38.5 Å². The zero-order chi connectivity index (χ0) is 9.15. The van der Waals surface area contributed by atoms with E-state index in [1.165, 1.54) is 19.3 Å². The van der Waals surface area contributed by atoms with Crippen LogP contribution in [0.4, 0.5) is 0 Å². The average Bonchev–Trinajstić information content (AvgIpc) is 2.20. The Morgan fingerprint density at radius 2 is 1.92 bits per heavy atom. The Morgan fingerprint density at radius 3 is 2.54 bits per heavy atom. The van der Waals surface area contributed by atoms with E-state index in [1.54, 1.807) is 0 Å². The van der Waals surface area contributed by atoms with Crippen LogP contribution < -0.4 is 0 Å². The fourth-order valence-electron chi connectivity index (χ4n) is 2.28. The summed E-state index contributed by atoms with van der Waals surface area (Å²) in [5.74, 6) is 0. The summed E-state index contributed by atoms with van der Waals surface area (Å²) in [5, 5.41) is 10.4. The maximum atomic E-state index is 10.4. The van der Waals surface area contributed by atoms with Gasteiger partial charge >= 0.3 is 0 Å². The molecular formula is C12H17O. The second-order valence-electron chi connectivity index (χ2n) is 4.08. The van der Waals surface area contributed by atoms with Gasteiger partial charge in [-0.05, 0) is 31.3 Å². The SMILES string of the molecule is OC1(C2=CC=CC[CH]2)CCCCC1. The van der Waals surface area contributed by atoms with Crippen molar-refractivity contribution in [1.29, 1.82) is 0 Å². The number of hydrogen-bond donors (Lipinski definition) is 1. The first kappa shape index (κ1) is 9.01. The van der Waals surface area contributed by atoms with E-state index in [9.17, 15) is 5.11 Å². The van der Waals surface area contributed by atoms with Gasteiger partial charge in [0.15, 0.2) is 0 Å². The molecule has 1 heteroatoms. The van der Waals surface area contributed by atoms with E-state index in [2.05, 4.69) is 24.6 Å². The molecule has 0 spiro atoms. The second-order valence-corrected chi connectivity index (χ2v) is 4.08. The highest BCUT2D eigenvalue weighted by Gasteiger charge is 2.32. The molecule has 1 saturated carbocycles. The average molecular weight is 177 g/mol. The first-order chi connectivity index (χ1) is 6.31. The summed E-state index contributed by atoms with van der Waals surface area (Å²) in [4.78, 5) is 0. The van der Waals surface area contributed by atoms with Crippen molar-refractivity contribution in [3.05, 3.63) is 30.2 Å². The third-order valence-corrected chi connectivity index (χ3v) is 3.10. The van der Waals surface area contributed by atoms with Gasteiger partial charge in [0.2, 0.25) is 0 Å². The van der Waals surface area contributed by atoms with Gasteiger partial charge in [0.25, 0.3) is 0 Å². The van der Waals surface area contributed by atoms with Gasteiger partial charge in [0.05, 0.1) is 5.60 Å². The lowest BCUT2D eigenvalue weighted by Crippen LogP contribution is -2.34. The summed E-state index contributed by atoms with van der Waals surface area (Å²) in [6.45, 7) is 0. The molecule has 0 heterocycles. The Labute approximate surface area is 80.2 Å². The highest BCUT2D eigenvalue weighted by atomic mass is 16.3. The summed E-state index contributed by atoms with van der Waals surface area (Å²) in [6, 6.07) is 0. The van der Waals surface area contributed by atoms with Gasteiger partial charge in [-0.25, -0.2) is 0 Å². The minimum absolute atomic E-state index is 0.497. The standard InChI is InChI=1S/C12H17O/c13-12(9-5-2-6-10-12)11-7-3-1-4-8-11/h1,3,7-8,13H,2,4-6,9-10H2. The number of hydrogen-bond acceptors (Lipinski definition) is 1. The molecule has 71 valence electrons. The molecule has 1 fully saturated rings. The van der Waals surface area contributed by atoms with Crippen molar-refractivity contribution in [2.24, 2.45) is 0 Å². The molecule has 2 aliphatic rings. The lowest BCUT2D eigenvalue weighted by Gasteiger charge is -2.35. The number of rotatable bonds is 1. The molecule has 0 amide bonds. The van der Waals surface area contributed by atoms with Crippen molar-refractivity contribution >= 4 is 0 Å². The van der Waals surface area contributed by atoms with E-state index in [0.29, 0.717) is 0 Å². The Morgan fingerprint density at radius 1 is 1.15 bits per heavy atom. The van der Waals surface area contributed by atoms with Crippen LogP contribution in [0.25, 0.3) is 0 Å². The summed E-state index contributed by atoms with van der Waals surface area (Å²) >= 11 is 0. The van der Waals surface area contributed by atoms with E-state index in [4.69, 9.17) is 0 Å². The maximum absolute atomic E-state index is 10.4. The van der Waals surface area contributed by atoms with Gasteiger partial charge in [0, 0.05) is 0 Å². The predicted molar refractivity (Wildman–Crippen MR) is 54.2 cm³/mol. The maximum Gasteiger partial charge on any atom is 0.0862 e. The summed E-state index contributed by atoms with van der Waals surface area (Å²) in [5.41, 5.74) is 0.651. The highest BCUT2D eigenvalue weighted by Crippen LogP contribution is 2.36. The van der Waals surface area contributed by atoms with Crippen LogP contribution in [0, 0.1) is 6.42 Å². The van der Waals surface area contributed by atoms with E-state index in [-0.39, 0.29) is 0 Å². The molecule has 2 rings (SSSR count). The molecule has 0 atom stereocenters. The van der Waals surface area contributed by atoms with Crippen molar-refractivity contribution < 1.29 is 5.11 Å². The fraction of sp³-hybridized carbons (Fsp3) is 0.583. The number of aliphatic hydroxyl groups is 1. The fourth-order valence-corrected chi connectivity index (χ4v) is 2.28. The monoisotopic (exact) mass is 177 g/mol. The van der Waals surface area contributed by atoms with Gasteiger partial charge in [-0.1, -0.05) is 37.5 Å². The molecule has 0 saturated heterocycles. The normalized spacial score (nSPS) is 27.0. The Balaban J connectivity index is 2.12. The van der Waals surface area contributed by atoms with Crippen molar-refractivity contribution in [3.8, 4) is 0 Å². The van der Waals surface area contributed by atoms with E-state index < -0.39 is 5.60 Å². The molecule has 0 bridgehead atoms. The zero-order valence-corrected chi connectivity index (χ0v) is 8.00. The van der Waals surface area contributed by atoms with Crippen LogP contribution in [-0.4, -0.2) is 10.7 Å². The molecule has 0 aromatic rings. The van der Waals surface area contributed by atoms with Crippen LogP contribution in [0.3, 0.4) is 0 Å². The van der Waals surface area contributed by atoms with Crippen molar-refractivity contribution in [2.45, 2.75) is 44.1 Å². The molecule has 1 N–H and O–H groups in total. The van der Waals surface area contributed by atoms with Crippen LogP contribution in [0.15, 0.2) is 23.8 Å². The zero-order valence-electron chi connectivity index (χ0n) is 8.00. The van der Waals surface area contributed by atoms with Crippen LogP contribution in [0.5, 0.6) is 0 Å². The smallest absolute Gasteiger partial charge is 0.0862 e. The van der Waals surface area contributed by atoms with Gasteiger partial charge in [-0.3, -0.25) is 0 Å². The molecule has 0 unspecified atom stereocenters. The first-order valence-corrected chi connectivity index (χ1v) is 5.24. The molecule has 0 aromatic carbocycles. The Kier molecular flexibility index (Phi) is 2.54. The molecule has 1 radical (unpaired) electrons. The highest BCUT2D eigenvalue weighted by molar-refractivity contribution is 5.33. The largest absolute Gasteiger partial charge is 0.385 e. The molecular weight excluding hydrogens is 160 g/mol. The molecule has 0 aliphatic heterocycles. The minimum Gasteiger partial charge on any atom is -0.385 e. The lowest BCUT2D eigenvalue weighted by atomic mass is 9.77. The van der Waals surface area contributed by atoms with Crippen molar-refractivity contribution in [2.75, 3.05) is 0 Å². The molecule has 2 aliphatic carbocycles. The van der Waals surface area contributed by atoms with Crippen molar-refractivity contribution in [1.82, 2.24) is 0 Å². The van der Waals surface area contributed by atoms with E-state index in [1.807, 2.05) is 0 Å². The number of allylic oxidation sites excluding steroid dienone is 3. The minimum atomic E-state index is -0.497.